The molecule has 5 nitrogen and oxygen atoms in total. The minimum atomic E-state index is -0.318. The van der Waals surface area contributed by atoms with E-state index in [0.717, 1.165) is 16.7 Å². The molecule has 0 radical (unpaired) electrons. The molecule has 0 fully saturated rings. The fourth-order valence-corrected chi connectivity index (χ4v) is 2.72. The number of rotatable bonds is 3. The van der Waals surface area contributed by atoms with Gasteiger partial charge in [-0.3, -0.25) is 4.79 Å². The lowest BCUT2D eigenvalue weighted by atomic mass is 10.2. The molecule has 4 aromatic rings. The number of imidazole rings is 1. The second-order valence-corrected chi connectivity index (χ2v) is 5.95. The first-order chi connectivity index (χ1) is 12.6. The van der Waals surface area contributed by atoms with Crippen LogP contribution in [0.5, 0.6) is 0 Å². The number of amides is 1. The summed E-state index contributed by atoms with van der Waals surface area (Å²) < 4.78 is 13.4. The number of fused-ring (bicyclic) bond motifs is 1. The summed E-state index contributed by atoms with van der Waals surface area (Å²) in [5.74, 6) is -0.0252. The summed E-state index contributed by atoms with van der Waals surface area (Å²) in [4.78, 5) is 24.2. The maximum absolute atomic E-state index is 13.4. The van der Waals surface area contributed by atoms with Gasteiger partial charge in [0, 0.05) is 16.9 Å². The SMILES string of the molecule is Cc1cccc(C(=O)Nc2ccc3nc(-c4cccc(F)c4)[nH]c3c2)n1. The van der Waals surface area contributed by atoms with Crippen molar-refractivity contribution in [3.05, 3.63) is 77.9 Å². The van der Waals surface area contributed by atoms with Crippen LogP contribution < -0.4 is 5.32 Å². The van der Waals surface area contributed by atoms with Gasteiger partial charge < -0.3 is 10.3 Å². The lowest BCUT2D eigenvalue weighted by Gasteiger charge is -2.05. The van der Waals surface area contributed by atoms with E-state index < -0.39 is 0 Å². The molecular formula is C20H15FN4O. The predicted octanol–water partition coefficient (Wildman–Crippen LogP) is 4.32. The van der Waals surface area contributed by atoms with E-state index in [1.165, 1.54) is 12.1 Å². The van der Waals surface area contributed by atoms with E-state index in [4.69, 9.17) is 0 Å². The van der Waals surface area contributed by atoms with Gasteiger partial charge in [-0.25, -0.2) is 14.4 Å². The fraction of sp³-hybridized carbons (Fsp3) is 0.0500. The maximum Gasteiger partial charge on any atom is 0.274 e. The molecule has 2 aromatic heterocycles. The number of carbonyl (C=O) groups is 1. The van der Waals surface area contributed by atoms with E-state index in [2.05, 4.69) is 20.3 Å². The van der Waals surface area contributed by atoms with Crippen molar-refractivity contribution in [2.45, 2.75) is 6.92 Å². The Kier molecular flexibility index (Phi) is 3.93. The predicted molar refractivity (Wildman–Crippen MR) is 98.4 cm³/mol. The zero-order valence-electron chi connectivity index (χ0n) is 14.0. The van der Waals surface area contributed by atoms with E-state index in [9.17, 15) is 9.18 Å². The van der Waals surface area contributed by atoms with Crippen molar-refractivity contribution < 1.29 is 9.18 Å². The van der Waals surface area contributed by atoms with Crippen LogP contribution in [0.4, 0.5) is 10.1 Å². The van der Waals surface area contributed by atoms with E-state index >= 15 is 0 Å². The lowest BCUT2D eigenvalue weighted by molar-refractivity contribution is 0.102. The summed E-state index contributed by atoms with van der Waals surface area (Å²) in [6.07, 6.45) is 0. The average molecular weight is 346 g/mol. The Morgan fingerprint density at radius 1 is 1.04 bits per heavy atom. The highest BCUT2D eigenvalue weighted by atomic mass is 19.1. The van der Waals surface area contributed by atoms with Gasteiger partial charge in [-0.2, -0.15) is 0 Å². The second kappa shape index (κ2) is 6.40. The first kappa shape index (κ1) is 16.0. The Hall–Kier alpha value is -3.54. The molecule has 0 bridgehead atoms. The number of pyridine rings is 1. The Balaban J connectivity index is 1.62. The number of carbonyl (C=O) groups excluding carboxylic acids is 1. The molecule has 2 heterocycles. The number of nitrogens with one attached hydrogen (secondary N) is 2. The molecule has 2 aromatic carbocycles. The van der Waals surface area contributed by atoms with Crippen molar-refractivity contribution in [3.8, 4) is 11.4 Å². The number of aromatic amines is 1. The summed E-state index contributed by atoms with van der Waals surface area (Å²) in [6, 6.07) is 16.9. The summed E-state index contributed by atoms with van der Waals surface area (Å²) in [6.45, 7) is 1.83. The summed E-state index contributed by atoms with van der Waals surface area (Å²) in [7, 11) is 0. The topological polar surface area (TPSA) is 70.7 Å². The highest BCUT2D eigenvalue weighted by Gasteiger charge is 2.10. The third kappa shape index (κ3) is 3.17. The molecular weight excluding hydrogens is 331 g/mol. The third-order valence-corrected chi connectivity index (χ3v) is 3.96. The molecule has 0 unspecified atom stereocenters. The van der Waals surface area contributed by atoms with E-state index in [1.54, 1.807) is 42.5 Å². The van der Waals surface area contributed by atoms with Gasteiger partial charge in [0.2, 0.25) is 0 Å². The molecule has 128 valence electrons. The molecule has 4 rings (SSSR count). The number of aromatic nitrogens is 3. The van der Waals surface area contributed by atoms with Crippen LogP contribution in [-0.4, -0.2) is 20.9 Å². The van der Waals surface area contributed by atoms with Gasteiger partial charge in [0.05, 0.1) is 11.0 Å². The summed E-state index contributed by atoms with van der Waals surface area (Å²) in [5, 5.41) is 2.83. The van der Waals surface area contributed by atoms with Crippen LogP contribution in [0.15, 0.2) is 60.7 Å². The summed E-state index contributed by atoms with van der Waals surface area (Å²) >= 11 is 0. The van der Waals surface area contributed by atoms with Gasteiger partial charge in [-0.15, -0.1) is 0 Å². The fourth-order valence-electron chi connectivity index (χ4n) is 2.72. The molecule has 1 amide bonds. The van der Waals surface area contributed by atoms with Crippen LogP contribution in [-0.2, 0) is 0 Å². The minimum Gasteiger partial charge on any atom is -0.338 e. The molecule has 0 aliphatic rings. The van der Waals surface area contributed by atoms with Gasteiger partial charge in [-0.05, 0) is 49.4 Å². The van der Waals surface area contributed by atoms with Crippen LogP contribution in [0.25, 0.3) is 22.4 Å². The maximum atomic E-state index is 13.4. The van der Waals surface area contributed by atoms with Crippen LogP contribution in [0.3, 0.4) is 0 Å². The van der Waals surface area contributed by atoms with Crippen LogP contribution in [0.2, 0.25) is 0 Å². The minimum absolute atomic E-state index is 0.280. The van der Waals surface area contributed by atoms with Crippen LogP contribution in [0.1, 0.15) is 16.2 Å². The highest BCUT2D eigenvalue weighted by molar-refractivity contribution is 6.03. The molecule has 0 atom stereocenters. The van der Waals surface area contributed by atoms with E-state index in [-0.39, 0.29) is 11.7 Å². The van der Waals surface area contributed by atoms with Crippen LogP contribution >= 0.6 is 0 Å². The van der Waals surface area contributed by atoms with Crippen molar-refractivity contribution in [2.75, 3.05) is 5.32 Å². The average Bonchev–Trinajstić information content (AvgIpc) is 3.05. The normalized spacial score (nSPS) is 10.8. The quantitative estimate of drug-likeness (QED) is 0.580. The molecule has 2 N–H and O–H groups in total. The molecule has 0 aliphatic carbocycles. The van der Waals surface area contributed by atoms with E-state index in [0.29, 0.717) is 22.8 Å². The van der Waals surface area contributed by atoms with Crippen molar-refractivity contribution >= 4 is 22.6 Å². The zero-order valence-corrected chi connectivity index (χ0v) is 14.0. The summed E-state index contributed by atoms with van der Waals surface area (Å²) in [5.41, 5.74) is 3.91. The first-order valence-corrected chi connectivity index (χ1v) is 8.09. The Bertz CT molecular complexity index is 1120. The molecule has 0 saturated heterocycles. The van der Waals surface area contributed by atoms with Gasteiger partial charge >= 0.3 is 0 Å². The van der Waals surface area contributed by atoms with Crippen molar-refractivity contribution in [2.24, 2.45) is 0 Å². The van der Waals surface area contributed by atoms with Gasteiger partial charge in [-0.1, -0.05) is 18.2 Å². The largest absolute Gasteiger partial charge is 0.338 e. The van der Waals surface area contributed by atoms with Gasteiger partial charge in [0.15, 0.2) is 0 Å². The molecule has 0 spiro atoms. The first-order valence-electron chi connectivity index (χ1n) is 8.09. The van der Waals surface area contributed by atoms with Crippen molar-refractivity contribution in [1.82, 2.24) is 15.0 Å². The highest BCUT2D eigenvalue weighted by Crippen LogP contribution is 2.23. The standard InChI is InChI=1S/C20H15FN4O/c1-12-4-2-7-17(22-12)20(26)23-15-8-9-16-18(11-15)25-19(24-16)13-5-3-6-14(21)10-13/h2-11H,1H3,(H,23,26)(H,24,25). The molecule has 26 heavy (non-hydrogen) atoms. The van der Waals surface area contributed by atoms with E-state index in [1.807, 2.05) is 13.0 Å². The number of H-pyrrole nitrogens is 1. The van der Waals surface area contributed by atoms with Gasteiger partial charge in [0.25, 0.3) is 5.91 Å². The van der Waals surface area contributed by atoms with Crippen LogP contribution in [0, 0.1) is 12.7 Å². The number of halogens is 1. The Morgan fingerprint density at radius 3 is 2.69 bits per heavy atom. The molecule has 0 saturated carbocycles. The monoisotopic (exact) mass is 346 g/mol. The second-order valence-electron chi connectivity index (χ2n) is 5.95. The molecule has 6 heteroatoms. The number of anilines is 1. The number of aryl methyl sites for hydroxylation is 1. The Morgan fingerprint density at radius 2 is 1.88 bits per heavy atom. The van der Waals surface area contributed by atoms with Crippen molar-refractivity contribution in [1.29, 1.82) is 0 Å². The number of nitrogens with zero attached hydrogens (tertiary/aromatic N) is 2. The smallest absolute Gasteiger partial charge is 0.274 e. The number of hydrogen-bond donors (Lipinski definition) is 2. The Labute approximate surface area is 148 Å². The third-order valence-electron chi connectivity index (χ3n) is 3.96. The zero-order chi connectivity index (χ0) is 18.1. The van der Waals surface area contributed by atoms with Gasteiger partial charge in [0.1, 0.15) is 17.3 Å². The van der Waals surface area contributed by atoms with Crippen molar-refractivity contribution in [3.63, 3.8) is 0 Å². The lowest BCUT2D eigenvalue weighted by Crippen LogP contribution is -2.13. The number of hydrogen-bond acceptors (Lipinski definition) is 3. The molecule has 0 aliphatic heterocycles. The number of benzene rings is 2.